The van der Waals surface area contributed by atoms with Crippen LogP contribution in [-0.4, -0.2) is 38.6 Å². The summed E-state index contributed by atoms with van der Waals surface area (Å²) >= 11 is 6.82. The highest BCUT2D eigenvalue weighted by Gasteiger charge is 2.34. The van der Waals surface area contributed by atoms with E-state index in [0.717, 1.165) is 0 Å². The molecule has 3 rings (SSSR count). The van der Waals surface area contributed by atoms with Crippen molar-refractivity contribution in [2.75, 3.05) is 25.8 Å². The van der Waals surface area contributed by atoms with Crippen molar-refractivity contribution in [2.45, 2.75) is 0 Å². The summed E-state index contributed by atoms with van der Waals surface area (Å²) in [7, 11) is 2.69. The lowest BCUT2D eigenvalue weighted by Gasteiger charge is -2.15. The van der Waals surface area contributed by atoms with E-state index in [-0.39, 0.29) is 17.9 Å². The molecule has 2 aromatic rings. The van der Waals surface area contributed by atoms with E-state index in [1.165, 1.54) is 25.3 Å². The van der Waals surface area contributed by atoms with Crippen molar-refractivity contribution in [2.24, 2.45) is 0 Å². The number of nitrogens with one attached hydrogen (secondary N) is 1. The van der Waals surface area contributed by atoms with Gasteiger partial charge in [0.15, 0.2) is 18.1 Å². The number of anilines is 1. The Morgan fingerprint density at radius 3 is 2.47 bits per heavy atom. The van der Waals surface area contributed by atoms with Crippen LogP contribution in [0.5, 0.6) is 11.5 Å². The van der Waals surface area contributed by atoms with Crippen LogP contribution in [0.1, 0.15) is 5.56 Å². The highest BCUT2D eigenvalue weighted by atomic mass is 79.9. The van der Waals surface area contributed by atoms with Gasteiger partial charge in [-0.05, 0) is 61.7 Å². The van der Waals surface area contributed by atoms with Gasteiger partial charge < -0.3 is 14.2 Å². The largest absolute Gasteiger partial charge is 0.493 e. The Morgan fingerprint density at radius 1 is 1.13 bits per heavy atom. The van der Waals surface area contributed by atoms with E-state index in [4.69, 9.17) is 9.47 Å². The number of ether oxygens (including phenoxy) is 3. The van der Waals surface area contributed by atoms with Gasteiger partial charge in [-0.15, -0.1) is 0 Å². The molecule has 10 heteroatoms. The Bertz CT molecular complexity index is 1040. The van der Waals surface area contributed by atoms with E-state index in [9.17, 15) is 14.4 Å². The molecule has 0 aliphatic carbocycles. The Balaban J connectivity index is 1.97. The van der Waals surface area contributed by atoms with Crippen LogP contribution in [-0.2, 0) is 19.1 Å². The third kappa shape index (κ3) is 4.34. The van der Waals surface area contributed by atoms with E-state index in [1.807, 2.05) is 6.07 Å². The zero-order valence-electron chi connectivity index (χ0n) is 15.9. The van der Waals surface area contributed by atoms with Crippen LogP contribution in [0.25, 0.3) is 6.08 Å². The van der Waals surface area contributed by atoms with Gasteiger partial charge in [-0.3, -0.25) is 15.0 Å². The third-order valence-electron chi connectivity index (χ3n) is 4.14. The molecule has 1 aliphatic heterocycles. The average molecular weight is 540 g/mol. The van der Waals surface area contributed by atoms with Gasteiger partial charge >= 0.3 is 5.97 Å². The number of esters is 1. The van der Waals surface area contributed by atoms with Crippen molar-refractivity contribution in [3.63, 3.8) is 0 Å². The molecule has 0 spiro atoms. The highest BCUT2D eigenvalue weighted by molar-refractivity contribution is 9.13. The van der Waals surface area contributed by atoms with Gasteiger partial charge in [0, 0.05) is 4.47 Å². The molecule has 1 N–H and O–H groups in total. The van der Waals surface area contributed by atoms with Crippen LogP contribution < -0.4 is 19.9 Å². The number of hydrazine groups is 1. The van der Waals surface area contributed by atoms with Crippen molar-refractivity contribution in [3.05, 3.63) is 56.5 Å². The Kier molecular flexibility index (Phi) is 6.78. The standard InChI is InChI=1S/C20H16Br2N2O6/c1-28-14-9-11(16(21)17(22)18(14)30-10-15(25)29-2)8-13-19(26)23-24(20(13)27)12-6-4-3-5-7-12/h3-9H,10H2,1-2H3,(H,23,26)/b13-8-. The van der Waals surface area contributed by atoms with E-state index in [2.05, 4.69) is 42.0 Å². The van der Waals surface area contributed by atoms with Crippen molar-refractivity contribution >= 4 is 61.4 Å². The van der Waals surface area contributed by atoms with Gasteiger partial charge in [0.25, 0.3) is 11.8 Å². The van der Waals surface area contributed by atoms with Crippen LogP contribution >= 0.6 is 31.9 Å². The molecular weight excluding hydrogens is 524 g/mol. The maximum Gasteiger partial charge on any atom is 0.343 e. The summed E-state index contributed by atoms with van der Waals surface area (Å²) in [5.41, 5.74) is 3.54. The molecule has 1 aliphatic rings. The minimum Gasteiger partial charge on any atom is -0.493 e. The van der Waals surface area contributed by atoms with Crippen LogP contribution in [0.2, 0.25) is 0 Å². The van der Waals surface area contributed by atoms with E-state index in [0.29, 0.717) is 25.9 Å². The Labute approximate surface area is 189 Å². The molecule has 0 bridgehead atoms. The normalized spacial score (nSPS) is 14.7. The number of benzene rings is 2. The lowest BCUT2D eigenvalue weighted by atomic mass is 10.1. The molecule has 1 fully saturated rings. The zero-order chi connectivity index (χ0) is 21.8. The number of methoxy groups -OCH3 is 2. The molecule has 0 atom stereocenters. The van der Waals surface area contributed by atoms with Crippen LogP contribution in [0.4, 0.5) is 5.69 Å². The second-order valence-electron chi connectivity index (χ2n) is 5.97. The van der Waals surface area contributed by atoms with Crippen molar-refractivity contribution in [3.8, 4) is 11.5 Å². The zero-order valence-corrected chi connectivity index (χ0v) is 19.1. The van der Waals surface area contributed by atoms with Gasteiger partial charge in [-0.25, -0.2) is 9.80 Å². The average Bonchev–Trinajstić information content (AvgIpc) is 3.04. The molecule has 30 heavy (non-hydrogen) atoms. The number of carbonyl (C=O) groups excluding carboxylic acids is 3. The molecule has 8 nitrogen and oxygen atoms in total. The summed E-state index contributed by atoms with van der Waals surface area (Å²) in [5.74, 6) is -1.01. The smallest absolute Gasteiger partial charge is 0.343 e. The van der Waals surface area contributed by atoms with Crippen LogP contribution in [0.15, 0.2) is 50.9 Å². The maximum absolute atomic E-state index is 12.8. The molecule has 156 valence electrons. The van der Waals surface area contributed by atoms with Gasteiger partial charge in [0.05, 0.1) is 24.4 Å². The molecule has 0 saturated carbocycles. The van der Waals surface area contributed by atoms with Crippen molar-refractivity contribution < 1.29 is 28.6 Å². The van der Waals surface area contributed by atoms with E-state index in [1.54, 1.807) is 30.3 Å². The predicted molar refractivity (Wildman–Crippen MR) is 116 cm³/mol. The summed E-state index contributed by atoms with van der Waals surface area (Å²) < 4.78 is 16.4. The first-order valence-corrected chi connectivity index (χ1v) is 10.1. The molecule has 0 unspecified atom stereocenters. The number of amides is 2. The Hall–Kier alpha value is -2.85. The second-order valence-corrected chi connectivity index (χ2v) is 7.55. The van der Waals surface area contributed by atoms with Crippen LogP contribution in [0, 0.1) is 0 Å². The first kappa shape index (κ1) is 21.8. The number of hydrogen-bond donors (Lipinski definition) is 1. The van der Waals surface area contributed by atoms with Gasteiger partial charge in [-0.1, -0.05) is 18.2 Å². The molecular formula is C20H16Br2N2O6. The fourth-order valence-electron chi connectivity index (χ4n) is 2.66. The summed E-state index contributed by atoms with van der Waals surface area (Å²) in [6, 6.07) is 10.4. The first-order valence-electron chi connectivity index (χ1n) is 8.55. The first-order chi connectivity index (χ1) is 14.4. The minimum atomic E-state index is -0.555. The number of hydrogen-bond acceptors (Lipinski definition) is 6. The molecule has 2 amide bonds. The van der Waals surface area contributed by atoms with E-state index < -0.39 is 17.8 Å². The van der Waals surface area contributed by atoms with Crippen LogP contribution in [0.3, 0.4) is 0 Å². The monoisotopic (exact) mass is 538 g/mol. The molecule has 1 heterocycles. The van der Waals surface area contributed by atoms with Gasteiger partial charge in [0.2, 0.25) is 0 Å². The molecule has 0 aromatic heterocycles. The number of halogens is 2. The summed E-state index contributed by atoms with van der Waals surface area (Å²) in [6.45, 7) is -0.314. The topological polar surface area (TPSA) is 94.2 Å². The predicted octanol–water partition coefficient (Wildman–Crippen LogP) is 3.23. The number of rotatable bonds is 6. The maximum atomic E-state index is 12.8. The van der Waals surface area contributed by atoms with Gasteiger partial charge in [-0.2, -0.15) is 0 Å². The second kappa shape index (κ2) is 9.31. The molecule has 2 aromatic carbocycles. The molecule has 0 radical (unpaired) electrons. The number of nitrogens with zero attached hydrogens (tertiary/aromatic N) is 1. The highest BCUT2D eigenvalue weighted by Crippen LogP contribution is 2.43. The van der Waals surface area contributed by atoms with Gasteiger partial charge in [0.1, 0.15) is 5.57 Å². The Morgan fingerprint density at radius 2 is 1.83 bits per heavy atom. The van der Waals surface area contributed by atoms with Crippen molar-refractivity contribution in [1.82, 2.24) is 5.43 Å². The third-order valence-corrected chi connectivity index (χ3v) is 6.29. The lowest BCUT2D eigenvalue weighted by Crippen LogP contribution is -2.35. The lowest BCUT2D eigenvalue weighted by molar-refractivity contribution is -0.143. The number of carbonyl (C=O) groups is 3. The summed E-state index contributed by atoms with van der Waals surface area (Å²) in [4.78, 5) is 36.6. The summed E-state index contributed by atoms with van der Waals surface area (Å²) in [6.07, 6.45) is 1.45. The SMILES string of the molecule is COC(=O)COc1c(OC)cc(/C=C2/C(=O)NN(c3ccccc3)C2=O)c(Br)c1Br. The quantitative estimate of drug-likeness (QED) is 0.344. The fraction of sp³-hybridized carbons (Fsp3) is 0.150. The molecule has 1 saturated heterocycles. The fourth-order valence-corrected chi connectivity index (χ4v) is 3.61. The number of para-hydroxylation sites is 1. The minimum absolute atomic E-state index is 0.0447. The summed E-state index contributed by atoms with van der Waals surface area (Å²) in [5, 5.41) is 1.18. The van der Waals surface area contributed by atoms with E-state index >= 15 is 0 Å². The van der Waals surface area contributed by atoms with Crippen molar-refractivity contribution in [1.29, 1.82) is 0 Å².